The Morgan fingerprint density at radius 3 is 2.35 bits per heavy atom. The molecule has 3 nitrogen and oxygen atoms in total. The zero-order valence-corrected chi connectivity index (χ0v) is 11.7. The van der Waals surface area contributed by atoms with Gasteiger partial charge in [0.2, 0.25) is 0 Å². The lowest BCUT2D eigenvalue weighted by molar-refractivity contribution is -0.147. The van der Waals surface area contributed by atoms with Gasteiger partial charge in [-0.1, -0.05) is 33.1 Å². The average Bonchev–Trinajstić information content (AvgIpc) is 2.35. The highest BCUT2D eigenvalue weighted by Crippen LogP contribution is 2.23. The Hall–Kier alpha value is -0.570. The quantitative estimate of drug-likeness (QED) is 0.693. The molecule has 0 spiro atoms. The zero-order chi connectivity index (χ0) is 12.8. The van der Waals surface area contributed by atoms with Crippen molar-refractivity contribution in [2.45, 2.75) is 52.0 Å². The summed E-state index contributed by atoms with van der Waals surface area (Å²) in [6, 6.07) is 0.662. The van der Waals surface area contributed by atoms with Gasteiger partial charge in [0, 0.05) is 12.6 Å². The van der Waals surface area contributed by atoms with E-state index in [1.807, 2.05) is 0 Å². The first-order chi connectivity index (χ1) is 8.06. The van der Waals surface area contributed by atoms with E-state index in [0.717, 1.165) is 6.54 Å². The number of hydrogen-bond donors (Lipinski definition) is 0. The Bertz CT molecular complexity index is 234. The van der Waals surface area contributed by atoms with Crippen molar-refractivity contribution in [3.05, 3.63) is 0 Å². The van der Waals surface area contributed by atoms with Crippen LogP contribution in [0.2, 0.25) is 0 Å². The van der Waals surface area contributed by atoms with Crippen LogP contribution in [0.1, 0.15) is 46.0 Å². The van der Waals surface area contributed by atoms with Crippen LogP contribution in [-0.4, -0.2) is 37.6 Å². The number of rotatable bonds is 5. The molecule has 1 rings (SSSR count). The third-order valence-electron chi connectivity index (χ3n) is 3.99. The molecule has 0 bridgehead atoms. The van der Waals surface area contributed by atoms with E-state index < -0.39 is 0 Å². The first-order valence-electron chi connectivity index (χ1n) is 6.84. The third kappa shape index (κ3) is 4.30. The fourth-order valence-electron chi connectivity index (χ4n) is 2.69. The van der Waals surface area contributed by atoms with E-state index in [1.165, 1.54) is 39.2 Å². The Kier molecular flexibility index (Phi) is 5.96. The summed E-state index contributed by atoms with van der Waals surface area (Å²) in [4.78, 5) is 14.1. The molecule has 0 aromatic heterocycles. The maximum absolute atomic E-state index is 11.7. The molecule has 3 heteroatoms. The maximum Gasteiger partial charge on any atom is 0.310 e. The van der Waals surface area contributed by atoms with Crippen LogP contribution < -0.4 is 0 Å². The van der Waals surface area contributed by atoms with Crippen molar-refractivity contribution < 1.29 is 9.53 Å². The van der Waals surface area contributed by atoms with Crippen LogP contribution in [0, 0.1) is 11.8 Å². The van der Waals surface area contributed by atoms with Gasteiger partial charge in [0.05, 0.1) is 13.0 Å². The van der Waals surface area contributed by atoms with E-state index >= 15 is 0 Å². The lowest BCUT2D eigenvalue weighted by atomic mass is 9.91. The van der Waals surface area contributed by atoms with Gasteiger partial charge in [0.25, 0.3) is 0 Å². The molecule has 0 saturated heterocycles. The van der Waals surface area contributed by atoms with Crippen molar-refractivity contribution in [3.63, 3.8) is 0 Å². The fourth-order valence-corrected chi connectivity index (χ4v) is 2.69. The zero-order valence-electron chi connectivity index (χ0n) is 11.7. The van der Waals surface area contributed by atoms with Gasteiger partial charge in [-0.2, -0.15) is 0 Å². The molecule has 0 aliphatic heterocycles. The molecule has 0 amide bonds. The van der Waals surface area contributed by atoms with E-state index in [9.17, 15) is 4.79 Å². The van der Waals surface area contributed by atoms with Gasteiger partial charge in [-0.25, -0.2) is 0 Å². The van der Waals surface area contributed by atoms with E-state index in [-0.39, 0.29) is 11.9 Å². The van der Waals surface area contributed by atoms with Crippen LogP contribution in [-0.2, 0) is 9.53 Å². The normalized spacial score (nSPS) is 19.6. The smallest absolute Gasteiger partial charge is 0.310 e. The van der Waals surface area contributed by atoms with E-state index in [1.54, 1.807) is 0 Å². The summed E-state index contributed by atoms with van der Waals surface area (Å²) in [5, 5.41) is 0. The lowest BCUT2D eigenvalue weighted by Gasteiger charge is -2.34. The second-order valence-electron chi connectivity index (χ2n) is 5.61. The first kappa shape index (κ1) is 14.5. The van der Waals surface area contributed by atoms with Gasteiger partial charge in [-0.15, -0.1) is 0 Å². The number of nitrogens with zero attached hydrogens (tertiary/aromatic N) is 1. The summed E-state index contributed by atoms with van der Waals surface area (Å²) < 4.78 is 4.90. The molecule has 1 fully saturated rings. The first-order valence-corrected chi connectivity index (χ1v) is 6.84. The van der Waals surface area contributed by atoms with Gasteiger partial charge in [-0.05, 0) is 25.8 Å². The van der Waals surface area contributed by atoms with Crippen LogP contribution >= 0.6 is 0 Å². The number of methoxy groups -OCH3 is 1. The average molecular weight is 241 g/mol. The minimum absolute atomic E-state index is 0.00641. The Balaban J connectivity index is 2.50. The predicted octanol–water partition coefficient (Wildman–Crippen LogP) is 2.70. The van der Waals surface area contributed by atoms with Crippen molar-refractivity contribution >= 4 is 5.97 Å². The summed E-state index contributed by atoms with van der Waals surface area (Å²) in [6.07, 6.45) is 6.60. The summed E-state index contributed by atoms with van der Waals surface area (Å²) >= 11 is 0. The number of ether oxygens (including phenoxy) is 1. The van der Waals surface area contributed by atoms with E-state index in [2.05, 4.69) is 25.8 Å². The number of esters is 1. The van der Waals surface area contributed by atoms with Gasteiger partial charge < -0.3 is 9.64 Å². The maximum atomic E-state index is 11.7. The highest BCUT2D eigenvalue weighted by atomic mass is 16.5. The highest BCUT2D eigenvalue weighted by Gasteiger charge is 2.27. The third-order valence-corrected chi connectivity index (χ3v) is 3.99. The van der Waals surface area contributed by atoms with Crippen molar-refractivity contribution in [3.8, 4) is 0 Å². The molecular formula is C14H27NO2. The van der Waals surface area contributed by atoms with Crippen LogP contribution in [0.3, 0.4) is 0 Å². The van der Waals surface area contributed by atoms with Gasteiger partial charge >= 0.3 is 5.97 Å². The van der Waals surface area contributed by atoms with Crippen molar-refractivity contribution in [1.29, 1.82) is 0 Å². The topological polar surface area (TPSA) is 29.5 Å². The Labute approximate surface area is 106 Å². The van der Waals surface area contributed by atoms with Crippen molar-refractivity contribution in [2.75, 3.05) is 20.7 Å². The molecule has 1 aliphatic carbocycles. The second-order valence-corrected chi connectivity index (χ2v) is 5.61. The van der Waals surface area contributed by atoms with E-state index in [0.29, 0.717) is 12.0 Å². The molecule has 0 aromatic carbocycles. The molecular weight excluding hydrogens is 214 g/mol. The molecule has 1 aliphatic rings. The molecule has 1 atom stereocenters. The predicted molar refractivity (Wildman–Crippen MR) is 69.8 cm³/mol. The van der Waals surface area contributed by atoms with Gasteiger partial charge in [0.1, 0.15) is 0 Å². The molecule has 0 aromatic rings. The Morgan fingerprint density at radius 1 is 1.29 bits per heavy atom. The summed E-state index contributed by atoms with van der Waals surface area (Å²) in [5.41, 5.74) is 0. The molecule has 0 N–H and O–H groups in total. The minimum atomic E-state index is -0.0670. The van der Waals surface area contributed by atoms with Crippen LogP contribution in [0.4, 0.5) is 0 Å². The largest absolute Gasteiger partial charge is 0.469 e. The van der Waals surface area contributed by atoms with Gasteiger partial charge in [0.15, 0.2) is 0 Å². The van der Waals surface area contributed by atoms with Crippen LogP contribution in [0.15, 0.2) is 0 Å². The molecule has 100 valence electrons. The van der Waals surface area contributed by atoms with E-state index in [4.69, 9.17) is 4.74 Å². The minimum Gasteiger partial charge on any atom is -0.469 e. The monoisotopic (exact) mass is 241 g/mol. The van der Waals surface area contributed by atoms with Crippen LogP contribution in [0.5, 0.6) is 0 Å². The van der Waals surface area contributed by atoms with Crippen molar-refractivity contribution in [2.24, 2.45) is 11.8 Å². The molecule has 0 radical (unpaired) electrons. The fraction of sp³-hybridized carbons (Fsp3) is 0.929. The number of carbonyl (C=O) groups excluding carboxylic acids is 1. The number of carbonyl (C=O) groups is 1. The molecule has 1 saturated carbocycles. The summed E-state index contributed by atoms with van der Waals surface area (Å²) in [5.74, 6) is 0.281. The summed E-state index contributed by atoms with van der Waals surface area (Å²) in [6.45, 7) is 5.02. The molecule has 0 heterocycles. The van der Waals surface area contributed by atoms with Crippen molar-refractivity contribution in [1.82, 2.24) is 4.90 Å². The standard InChI is InChI=1S/C14H27NO2/c1-11(2)13(14(16)17-4)10-15(3)12-8-6-5-7-9-12/h11-13H,5-10H2,1-4H3. The second kappa shape index (κ2) is 7.00. The number of hydrogen-bond acceptors (Lipinski definition) is 3. The van der Waals surface area contributed by atoms with Crippen LogP contribution in [0.25, 0.3) is 0 Å². The SMILES string of the molecule is COC(=O)C(CN(C)C1CCCCC1)C(C)C. The Morgan fingerprint density at radius 2 is 1.88 bits per heavy atom. The molecule has 17 heavy (non-hydrogen) atoms. The summed E-state index contributed by atoms with van der Waals surface area (Å²) in [7, 11) is 3.63. The molecule has 1 unspecified atom stereocenters. The van der Waals surface area contributed by atoms with Gasteiger partial charge in [-0.3, -0.25) is 4.79 Å². The highest BCUT2D eigenvalue weighted by molar-refractivity contribution is 5.72. The lowest BCUT2D eigenvalue weighted by Crippen LogP contribution is -2.40.